The molecular weight excluding hydrogens is 447 g/mol. The number of carbonyl (C=O) groups excluding carboxylic acids is 1. The zero-order chi connectivity index (χ0) is 24.4. The van der Waals surface area contributed by atoms with Gasteiger partial charge >= 0.3 is 0 Å². The predicted octanol–water partition coefficient (Wildman–Crippen LogP) is 5.64. The van der Waals surface area contributed by atoms with Crippen LogP contribution in [0.2, 0.25) is 0 Å². The minimum absolute atomic E-state index is 0.167. The van der Waals surface area contributed by atoms with Crippen molar-refractivity contribution in [2.45, 2.75) is 20.0 Å². The second-order valence-electron chi connectivity index (χ2n) is 8.08. The summed E-state index contributed by atoms with van der Waals surface area (Å²) in [5.74, 6) is -0.196. The number of furan rings is 1. The zero-order valence-electron chi connectivity index (χ0n) is 18.7. The van der Waals surface area contributed by atoms with Crippen LogP contribution in [0.25, 0.3) is 22.6 Å². The van der Waals surface area contributed by atoms with Gasteiger partial charge in [0.1, 0.15) is 11.5 Å². The lowest BCUT2D eigenvalue weighted by Gasteiger charge is -2.24. The second kappa shape index (κ2) is 9.23. The SMILES string of the molecule is Cc1noc2nc(-c3ccco3)cc(C(=O)N(Cc3ccc(C#N)cc3)Cc3cccc(F)c3)c12. The molecule has 8 heteroatoms. The van der Waals surface area contributed by atoms with E-state index in [0.717, 1.165) is 5.56 Å². The van der Waals surface area contributed by atoms with Gasteiger partial charge in [0.25, 0.3) is 11.6 Å². The van der Waals surface area contributed by atoms with E-state index in [1.54, 1.807) is 66.4 Å². The van der Waals surface area contributed by atoms with Gasteiger partial charge in [0.05, 0.1) is 34.5 Å². The number of benzene rings is 2. The molecule has 5 aromatic rings. The van der Waals surface area contributed by atoms with E-state index in [4.69, 9.17) is 14.2 Å². The molecule has 35 heavy (non-hydrogen) atoms. The summed E-state index contributed by atoms with van der Waals surface area (Å²) < 4.78 is 24.8. The van der Waals surface area contributed by atoms with Crippen molar-refractivity contribution in [3.05, 3.63) is 107 Å². The Bertz CT molecular complexity index is 1550. The van der Waals surface area contributed by atoms with Crippen molar-refractivity contribution in [1.29, 1.82) is 5.26 Å². The number of fused-ring (bicyclic) bond motifs is 1. The van der Waals surface area contributed by atoms with Gasteiger partial charge in [0.2, 0.25) is 0 Å². The third-order valence-electron chi connectivity index (χ3n) is 5.63. The van der Waals surface area contributed by atoms with Crippen molar-refractivity contribution in [3.63, 3.8) is 0 Å². The number of nitrogens with zero attached hydrogens (tertiary/aromatic N) is 4. The molecule has 5 rings (SSSR count). The van der Waals surface area contributed by atoms with E-state index in [1.807, 2.05) is 0 Å². The van der Waals surface area contributed by atoms with Crippen LogP contribution in [0.3, 0.4) is 0 Å². The van der Waals surface area contributed by atoms with Crippen LogP contribution >= 0.6 is 0 Å². The first-order valence-corrected chi connectivity index (χ1v) is 10.9. The number of aromatic nitrogens is 2. The lowest BCUT2D eigenvalue weighted by molar-refractivity contribution is 0.0731. The number of pyridine rings is 1. The molecule has 0 atom stereocenters. The highest BCUT2D eigenvalue weighted by Crippen LogP contribution is 2.29. The molecule has 172 valence electrons. The molecular formula is C27H19FN4O3. The third kappa shape index (κ3) is 4.52. The second-order valence-corrected chi connectivity index (χ2v) is 8.08. The Balaban J connectivity index is 1.59. The summed E-state index contributed by atoms with van der Waals surface area (Å²) in [6, 6.07) is 20.4. The van der Waals surface area contributed by atoms with Crippen LogP contribution in [0.15, 0.2) is 81.9 Å². The van der Waals surface area contributed by atoms with Gasteiger partial charge in [-0.3, -0.25) is 4.79 Å². The van der Waals surface area contributed by atoms with Crippen LogP contribution in [0.5, 0.6) is 0 Å². The third-order valence-corrected chi connectivity index (χ3v) is 5.63. The standard InChI is InChI=1S/C27H19FN4O3/c1-17-25-22(13-23(24-6-3-11-34-24)30-26(25)35-31-17)27(33)32(16-20-4-2-5-21(28)12-20)15-19-9-7-18(14-29)8-10-19/h2-13H,15-16H2,1H3. The molecule has 0 saturated heterocycles. The zero-order valence-corrected chi connectivity index (χ0v) is 18.7. The minimum Gasteiger partial charge on any atom is -0.463 e. The van der Waals surface area contributed by atoms with Gasteiger partial charge in [-0.2, -0.15) is 5.26 Å². The molecule has 0 bridgehead atoms. The van der Waals surface area contributed by atoms with Gasteiger partial charge in [0, 0.05) is 13.1 Å². The first kappa shape index (κ1) is 22.0. The molecule has 7 nitrogen and oxygen atoms in total. The lowest BCUT2D eigenvalue weighted by Crippen LogP contribution is -2.30. The van der Waals surface area contributed by atoms with E-state index >= 15 is 0 Å². The average Bonchev–Trinajstić information content (AvgIpc) is 3.54. The van der Waals surface area contributed by atoms with E-state index in [0.29, 0.717) is 39.2 Å². The van der Waals surface area contributed by atoms with Crippen molar-refractivity contribution in [1.82, 2.24) is 15.0 Å². The monoisotopic (exact) mass is 466 g/mol. The van der Waals surface area contributed by atoms with Crippen LogP contribution in [0.4, 0.5) is 4.39 Å². The molecule has 1 amide bonds. The Kier molecular flexibility index (Phi) is 5.81. The Hall–Kier alpha value is -4.77. The Morgan fingerprint density at radius 1 is 1.06 bits per heavy atom. The van der Waals surface area contributed by atoms with E-state index in [9.17, 15) is 9.18 Å². The Morgan fingerprint density at radius 2 is 1.86 bits per heavy atom. The summed E-state index contributed by atoms with van der Waals surface area (Å²) in [7, 11) is 0. The van der Waals surface area contributed by atoms with E-state index in [-0.39, 0.29) is 30.5 Å². The van der Waals surface area contributed by atoms with Crippen molar-refractivity contribution in [3.8, 4) is 17.5 Å². The molecule has 3 aromatic heterocycles. The summed E-state index contributed by atoms with van der Waals surface area (Å²) >= 11 is 0. The van der Waals surface area contributed by atoms with E-state index < -0.39 is 0 Å². The molecule has 2 aromatic carbocycles. The van der Waals surface area contributed by atoms with Gasteiger partial charge < -0.3 is 13.8 Å². The highest BCUT2D eigenvalue weighted by molar-refractivity contribution is 6.06. The van der Waals surface area contributed by atoms with Gasteiger partial charge in [-0.15, -0.1) is 0 Å². The van der Waals surface area contributed by atoms with Crippen molar-refractivity contribution < 1.29 is 18.1 Å². The van der Waals surface area contributed by atoms with Crippen LogP contribution in [-0.4, -0.2) is 20.9 Å². The fourth-order valence-electron chi connectivity index (χ4n) is 3.94. The summed E-state index contributed by atoms with van der Waals surface area (Å²) in [6.45, 7) is 2.15. The molecule has 0 unspecified atom stereocenters. The largest absolute Gasteiger partial charge is 0.463 e. The van der Waals surface area contributed by atoms with Crippen LogP contribution in [-0.2, 0) is 13.1 Å². The molecule has 0 N–H and O–H groups in total. The molecule has 0 radical (unpaired) electrons. The smallest absolute Gasteiger partial charge is 0.259 e. The van der Waals surface area contributed by atoms with Gasteiger partial charge in [-0.25, -0.2) is 9.37 Å². The summed E-state index contributed by atoms with van der Waals surface area (Å²) in [5, 5.41) is 13.6. The Morgan fingerprint density at radius 3 is 2.57 bits per heavy atom. The lowest BCUT2D eigenvalue weighted by atomic mass is 10.1. The topological polar surface area (TPSA) is 96.2 Å². The maximum atomic E-state index is 14.0. The number of hydrogen-bond acceptors (Lipinski definition) is 6. The fourth-order valence-corrected chi connectivity index (χ4v) is 3.94. The normalized spacial score (nSPS) is 10.9. The molecule has 0 aliphatic rings. The van der Waals surface area contributed by atoms with Crippen molar-refractivity contribution in [2.24, 2.45) is 0 Å². The quantitative estimate of drug-likeness (QED) is 0.321. The predicted molar refractivity (Wildman–Crippen MR) is 125 cm³/mol. The number of rotatable bonds is 6. The summed E-state index contributed by atoms with van der Waals surface area (Å²) in [4.78, 5) is 20.1. The number of amides is 1. The van der Waals surface area contributed by atoms with Gasteiger partial charge in [-0.05, 0) is 60.5 Å². The highest BCUT2D eigenvalue weighted by Gasteiger charge is 2.25. The molecule has 0 saturated carbocycles. The van der Waals surface area contributed by atoms with E-state index in [1.165, 1.54) is 18.4 Å². The molecule has 3 heterocycles. The van der Waals surface area contributed by atoms with Crippen molar-refractivity contribution >= 4 is 17.0 Å². The van der Waals surface area contributed by atoms with Gasteiger partial charge in [0.15, 0.2) is 5.76 Å². The number of halogens is 1. The number of hydrogen-bond donors (Lipinski definition) is 0. The first-order chi connectivity index (χ1) is 17.0. The van der Waals surface area contributed by atoms with Crippen LogP contribution < -0.4 is 0 Å². The van der Waals surface area contributed by atoms with Crippen LogP contribution in [0.1, 0.15) is 32.7 Å². The first-order valence-electron chi connectivity index (χ1n) is 10.9. The number of carbonyl (C=O) groups is 1. The van der Waals surface area contributed by atoms with E-state index in [2.05, 4.69) is 16.2 Å². The summed E-state index contributed by atoms with van der Waals surface area (Å²) in [6.07, 6.45) is 1.52. The Labute approximate surface area is 200 Å². The number of aryl methyl sites for hydroxylation is 1. The van der Waals surface area contributed by atoms with Gasteiger partial charge in [-0.1, -0.05) is 29.4 Å². The molecule has 0 fully saturated rings. The van der Waals surface area contributed by atoms with Crippen LogP contribution in [0, 0.1) is 24.1 Å². The minimum atomic E-state index is -0.380. The van der Waals surface area contributed by atoms with Crippen molar-refractivity contribution in [2.75, 3.05) is 0 Å². The number of nitriles is 1. The molecule has 0 aliphatic carbocycles. The summed E-state index contributed by atoms with van der Waals surface area (Å²) in [5.41, 5.74) is 3.54. The fraction of sp³-hybridized carbons (Fsp3) is 0.111. The molecule has 0 spiro atoms. The highest BCUT2D eigenvalue weighted by atomic mass is 19.1. The maximum Gasteiger partial charge on any atom is 0.259 e. The maximum absolute atomic E-state index is 14.0. The average molecular weight is 466 g/mol. The molecule has 0 aliphatic heterocycles.